The molecule has 0 aromatic heterocycles. The van der Waals surface area contributed by atoms with Crippen LogP contribution >= 0.6 is 11.8 Å². The van der Waals surface area contributed by atoms with Crippen LogP contribution in [0.5, 0.6) is 5.75 Å². The molecule has 24 heavy (non-hydrogen) atoms. The molecule has 0 aliphatic carbocycles. The fourth-order valence-corrected chi connectivity index (χ4v) is 3.23. The second kappa shape index (κ2) is 10.0. The molecular weight excluding hydrogens is 318 g/mol. The minimum atomic E-state index is 0.104. The SMILES string of the molecule is COc1ccccc1CCCNC(=O)CSCc1ccc(C)cc1. The lowest BCUT2D eigenvalue weighted by Gasteiger charge is -2.09. The Morgan fingerprint density at radius 1 is 1.12 bits per heavy atom. The Morgan fingerprint density at radius 3 is 2.62 bits per heavy atom. The Labute approximate surface area is 148 Å². The summed E-state index contributed by atoms with van der Waals surface area (Å²) < 4.78 is 5.34. The van der Waals surface area contributed by atoms with Crippen molar-refractivity contribution < 1.29 is 9.53 Å². The van der Waals surface area contributed by atoms with Crippen molar-refractivity contribution in [2.45, 2.75) is 25.5 Å². The van der Waals surface area contributed by atoms with Gasteiger partial charge in [-0.3, -0.25) is 4.79 Å². The third-order valence-electron chi connectivity index (χ3n) is 3.76. The number of ether oxygens (including phenoxy) is 1. The van der Waals surface area contributed by atoms with E-state index in [-0.39, 0.29) is 5.91 Å². The molecule has 0 heterocycles. The zero-order chi connectivity index (χ0) is 17.2. The summed E-state index contributed by atoms with van der Waals surface area (Å²) in [5, 5.41) is 2.99. The number of rotatable bonds is 9. The molecule has 0 aliphatic rings. The van der Waals surface area contributed by atoms with Crippen LogP contribution in [0.1, 0.15) is 23.1 Å². The monoisotopic (exact) mass is 343 g/mol. The first-order chi connectivity index (χ1) is 11.7. The van der Waals surface area contributed by atoms with Crippen LogP contribution in [0.4, 0.5) is 0 Å². The number of hydrogen-bond acceptors (Lipinski definition) is 3. The van der Waals surface area contributed by atoms with Crippen LogP contribution in [-0.4, -0.2) is 25.3 Å². The number of amides is 1. The first-order valence-corrected chi connectivity index (χ1v) is 9.36. The maximum absolute atomic E-state index is 11.9. The van der Waals surface area contributed by atoms with Crippen molar-refractivity contribution in [2.24, 2.45) is 0 Å². The Hall–Kier alpha value is -1.94. The van der Waals surface area contributed by atoms with Gasteiger partial charge < -0.3 is 10.1 Å². The summed E-state index contributed by atoms with van der Waals surface area (Å²) in [6.07, 6.45) is 1.82. The van der Waals surface area contributed by atoms with Crippen LogP contribution in [0.25, 0.3) is 0 Å². The number of benzene rings is 2. The van der Waals surface area contributed by atoms with Gasteiger partial charge in [0.25, 0.3) is 0 Å². The molecule has 2 aromatic carbocycles. The van der Waals surface area contributed by atoms with Gasteiger partial charge >= 0.3 is 0 Å². The maximum atomic E-state index is 11.9. The lowest BCUT2D eigenvalue weighted by Crippen LogP contribution is -2.26. The van der Waals surface area contributed by atoms with Gasteiger partial charge in [0, 0.05) is 12.3 Å². The average Bonchev–Trinajstić information content (AvgIpc) is 2.61. The second-order valence-corrected chi connectivity index (χ2v) is 6.73. The van der Waals surface area contributed by atoms with Crippen LogP contribution in [-0.2, 0) is 17.0 Å². The third kappa shape index (κ3) is 6.28. The van der Waals surface area contributed by atoms with Crippen LogP contribution in [0, 0.1) is 6.92 Å². The predicted octanol–water partition coefficient (Wildman–Crippen LogP) is 3.99. The summed E-state index contributed by atoms with van der Waals surface area (Å²) in [6, 6.07) is 16.5. The summed E-state index contributed by atoms with van der Waals surface area (Å²) in [7, 11) is 1.69. The van der Waals surface area contributed by atoms with Crippen molar-refractivity contribution in [3.63, 3.8) is 0 Å². The van der Waals surface area contributed by atoms with E-state index in [4.69, 9.17) is 4.74 Å². The zero-order valence-corrected chi connectivity index (χ0v) is 15.2. The molecule has 0 unspecified atom stereocenters. The van der Waals surface area contributed by atoms with Gasteiger partial charge in [0.15, 0.2) is 0 Å². The number of nitrogens with one attached hydrogen (secondary N) is 1. The van der Waals surface area contributed by atoms with Crippen LogP contribution in [0.2, 0.25) is 0 Å². The van der Waals surface area contributed by atoms with Crippen molar-refractivity contribution in [1.82, 2.24) is 5.32 Å². The number of methoxy groups -OCH3 is 1. The normalized spacial score (nSPS) is 10.4. The molecule has 4 heteroatoms. The van der Waals surface area contributed by atoms with Crippen molar-refractivity contribution >= 4 is 17.7 Å². The summed E-state index contributed by atoms with van der Waals surface area (Å²) in [4.78, 5) is 11.9. The van der Waals surface area contributed by atoms with E-state index < -0.39 is 0 Å². The van der Waals surface area contributed by atoms with E-state index in [0.29, 0.717) is 12.3 Å². The summed E-state index contributed by atoms with van der Waals surface area (Å²) >= 11 is 1.65. The second-order valence-electron chi connectivity index (χ2n) is 5.74. The maximum Gasteiger partial charge on any atom is 0.230 e. The highest BCUT2D eigenvalue weighted by Crippen LogP contribution is 2.18. The van der Waals surface area contributed by atoms with Crippen LogP contribution < -0.4 is 10.1 Å². The molecule has 2 rings (SSSR count). The molecule has 1 amide bonds. The Bertz CT molecular complexity index is 640. The van der Waals surface area contributed by atoms with Gasteiger partial charge in [-0.1, -0.05) is 48.0 Å². The highest BCUT2D eigenvalue weighted by Gasteiger charge is 2.04. The van der Waals surface area contributed by atoms with E-state index in [0.717, 1.165) is 24.3 Å². The summed E-state index contributed by atoms with van der Waals surface area (Å²) in [6.45, 7) is 2.78. The average molecular weight is 343 g/mol. The molecular formula is C20H25NO2S. The van der Waals surface area contributed by atoms with Gasteiger partial charge in [-0.15, -0.1) is 11.8 Å². The smallest absolute Gasteiger partial charge is 0.230 e. The highest BCUT2D eigenvalue weighted by atomic mass is 32.2. The lowest BCUT2D eigenvalue weighted by atomic mass is 10.1. The van der Waals surface area contributed by atoms with Crippen LogP contribution in [0.15, 0.2) is 48.5 Å². The lowest BCUT2D eigenvalue weighted by molar-refractivity contribution is -0.118. The van der Waals surface area contributed by atoms with Gasteiger partial charge in [-0.25, -0.2) is 0 Å². The molecule has 3 nitrogen and oxygen atoms in total. The minimum Gasteiger partial charge on any atom is -0.496 e. The number of thioether (sulfide) groups is 1. The molecule has 0 saturated carbocycles. The first-order valence-electron chi connectivity index (χ1n) is 8.21. The van der Waals surface area contributed by atoms with Gasteiger partial charge in [0.1, 0.15) is 5.75 Å². The first kappa shape index (κ1) is 18.4. The van der Waals surface area contributed by atoms with E-state index >= 15 is 0 Å². The topological polar surface area (TPSA) is 38.3 Å². The predicted molar refractivity (Wildman–Crippen MR) is 102 cm³/mol. The third-order valence-corrected chi connectivity index (χ3v) is 4.76. The molecule has 0 atom stereocenters. The molecule has 0 radical (unpaired) electrons. The molecule has 0 aliphatic heterocycles. The Morgan fingerprint density at radius 2 is 1.88 bits per heavy atom. The van der Waals surface area contributed by atoms with Gasteiger partial charge in [0.2, 0.25) is 5.91 Å². The molecule has 0 fully saturated rings. The number of carbonyl (C=O) groups excluding carboxylic acids is 1. The minimum absolute atomic E-state index is 0.104. The van der Waals surface area contributed by atoms with E-state index in [9.17, 15) is 4.79 Å². The fraction of sp³-hybridized carbons (Fsp3) is 0.350. The van der Waals surface area contributed by atoms with Crippen molar-refractivity contribution in [1.29, 1.82) is 0 Å². The molecule has 2 aromatic rings. The fourth-order valence-electron chi connectivity index (χ4n) is 2.41. The summed E-state index contributed by atoms with van der Waals surface area (Å²) in [5.74, 6) is 2.39. The van der Waals surface area contributed by atoms with Gasteiger partial charge in [0.05, 0.1) is 12.9 Å². The van der Waals surface area contributed by atoms with E-state index in [1.165, 1.54) is 16.7 Å². The zero-order valence-electron chi connectivity index (χ0n) is 14.4. The molecule has 0 spiro atoms. The Kier molecular flexibility index (Phi) is 7.69. The number of hydrogen-bond donors (Lipinski definition) is 1. The molecule has 1 N–H and O–H groups in total. The van der Waals surface area contributed by atoms with E-state index in [1.54, 1.807) is 18.9 Å². The number of carbonyl (C=O) groups is 1. The largest absolute Gasteiger partial charge is 0.496 e. The quantitative estimate of drug-likeness (QED) is 0.700. The van der Waals surface area contributed by atoms with Crippen molar-refractivity contribution in [3.8, 4) is 5.75 Å². The molecule has 0 saturated heterocycles. The van der Waals surface area contributed by atoms with Crippen molar-refractivity contribution in [2.75, 3.05) is 19.4 Å². The van der Waals surface area contributed by atoms with E-state index in [1.807, 2.05) is 18.2 Å². The highest BCUT2D eigenvalue weighted by molar-refractivity contribution is 7.99. The number of para-hydroxylation sites is 1. The Balaban J connectivity index is 1.60. The van der Waals surface area contributed by atoms with Gasteiger partial charge in [-0.2, -0.15) is 0 Å². The van der Waals surface area contributed by atoms with Crippen LogP contribution in [0.3, 0.4) is 0 Å². The standard InChI is InChI=1S/C20H25NO2S/c1-16-9-11-17(12-10-16)14-24-15-20(22)21-13-5-7-18-6-3-4-8-19(18)23-2/h3-4,6,8-12H,5,7,13-15H2,1-2H3,(H,21,22). The van der Waals surface area contributed by atoms with Gasteiger partial charge in [-0.05, 0) is 37.0 Å². The number of aryl methyl sites for hydroxylation is 2. The molecule has 128 valence electrons. The van der Waals surface area contributed by atoms with Crippen molar-refractivity contribution in [3.05, 3.63) is 65.2 Å². The van der Waals surface area contributed by atoms with E-state index in [2.05, 4.69) is 42.6 Å². The summed E-state index contributed by atoms with van der Waals surface area (Å²) in [5.41, 5.74) is 3.70. The molecule has 0 bridgehead atoms.